The molecule has 0 N–H and O–H groups in total. The molecular formula is C25H31N3O2. The highest BCUT2D eigenvalue weighted by molar-refractivity contribution is 5.92. The number of rotatable bonds is 2. The van der Waals surface area contributed by atoms with Crippen LogP contribution in [0.1, 0.15) is 53.0 Å². The number of carbonyl (C=O) groups is 1. The average molecular weight is 406 g/mol. The van der Waals surface area contributed by atoms with Crippen molar-refractivity contribution < 1.29 is 9.53 Å². The molecular weight excluding hydrogens is 374 g/mol. The van der Waals surface area contributed by atoms with Crippen molar-refractivity contribution in [1.82, 2.24) is 14.8 Å². The quantitative estimate of drug-likeness (QED) is 0.766. The molecule has 158 valence electrons. The fraction of sp³-hybridized carbons (Fsp3) is 0.520. The second-order valence-corrected chi connectivity index (χ2v) is 9.14. The lowest BCUT2D eigenvalue weighted by atomic mass is 9.68. The number of benzene rings is 1. The molecule has 0 bridgehead atoms. The molecule has 30 heavy (non-hydrogen) atoms. The monoisotopic (exact) mass is 405 g/mol. The number of fused-ring (bicyclic) bond motifs is 2. The van der Waals surface area contributed by atoms with E-state index in [9.17, 15) is 4.79 Å². The number of aryl methyl sites for hydroxylation is 1. The van der Waals surface area contributed by atoms with Crippen LogP contribution in [0.15, 0.2) is 42.5 Å². The predicted molar refractivity (Wildman–Crippen MR) is 116 cm³/mol. The van der Waals surface area contributed by atoms with Gasteiger partial charge in [-0.25, -0.2) is 4.98 Å². The molecule has 0 aliphatic carbocycles. The van der Waals surface area contributed by atoms with E-state index in [1.165, 1.54) is 11.1 Å². The summed E-state index contributed by atoms with van der Waals surface area (Å²) < 4.78 is 5.56. The molecule has 5 heteroatoms. The lowest BCUT2D eigenvalue weighted by molar-refractivity contribution is 0.0101. The van der Waals surface area contributed by atoms with Gasteiger partial charge in [-0.05, 0) is 69.0 Å². The van der Waals surface area contributed by atoms with Crippen molar-refractivity contribution in [2.24, 2.45) is 0 Å². The number of likely N-dealkylation sites (tertiary alicyclic amines) is 1. The third-order valence-electron chi connectivity index (χ3n) is 7.30. The number of aromatic nitrogens is 1. The Kier molecular flexibility index (Phi) is 5.34. The van der Waals surface area contributed by atoms with Crippen LogP contribution in [0.3, 0.4) is 0 Å². The SMILES string of the molecule is Cc1cccc(C(=O)N2Cc3ccccc3C3(CCN(C4CCOCC4)CC3)C2)n1. The van der Waals surface area contributed by atoms with Gasteiger partial charge >= 0.3 is 0 Å². The first kappa shape index (κ1) is 19.7. The van der Waals surface area contributed by atoms with Gasteiger partial charge in [-0.2, -0.15) is 0 Å². The van der Waals surface area contributed by atoms with E-state index in [4.69, 9.17) is 4.74 Å². The fourth-order valence-electron chi connectivity index (χ4n) is 5.65. The van der Waals surface area contributed by atoms with Gasteiger partial charge in [0.1, 0.15) is 5.69 Å². The van der Waals surface area contributed by atoms with Gasteiger partial charge in [0, 0.05) is 43.5 Å². The molecule has 2 aromatic rings. The minimum Gasteiger partial charge on any atom is -0.381 e. The maximum Gasteiger partial charge on any atom is 0.272 e. The molecule has 1 aromatic carbocycles. The van der Waals surface area contributed by atoms with Crippen molar-refractivity contribution >= 4 is 5.91 Å². The maximum absolute atomic E-state index is 13.3. The molecule has 5 nitrogen and oxygen atoms in total. The van der Waals surface area contributed by atoms with E-state index >= 15 is 0 Å². The van der Waals surface area contributed by atoms with Crippen LogP contribution in [0.2, 0.25) is 0 Å². The van der Waals surface area contributed by atoms with Crippen molar-refractivity contribution in [1.29, 1.82) is 0 Å². The smallest absolute Gasteiger partial charge is 0.272 e. The maximum atomic E-state index is 13.3. The molecule has 4 heterocycles. The molecule has 0 saturated carbocycles. The second kappa shape index (κ2) is 8.12. The lowest BCUT2D eigenvalue weighted by Crippen LogP contribution is -2.55. The molecule has 3 aliphatic heterocycles. The zero-order chi connectivity index (χ0) is 20.6. The van der Waals surface area contributed by atoms with Crippen LogP contribution in [0.25, 0.3) is 0 Å². The zero-order valence-corrected chi connectivity index (χ0v) is 17.8. The first-order valence-corrected chi connectivity index (χ1v) is 11.3. The second-order valence-electron chi connectivity index (χ2n) is 9.14. The summed E-state index contributed by atoms with van der Waals surface area (Å²) in [6, 6.07) is 15.1. The molecule has 0 atom stereocenters. The minimum atomic E-state index is 0.0516. The van der Waals surface area contributed by atoms with E-state index in [0.29, 0.717) is 18.3 Å². The normalized spacial score (nSPS) is 22.1. The highest BCUT2D eigenvalue weighted by atomic mass is 16.5. The number of pyridine rings is 1. The van der Waals surface area contributed by atoms with Crippen LogP contribution in [0, 0.1) is 6.92 Å². The van der Waals surface area contributed by atoms with Crippen molar-refractivity contribution in [3.05, 3.63) is 65.0 Å². The van der Waals surface area contributed by atoms with Gasteiger partial charge in [-0.1, -0.05) is 30.3 Å². The van der Waals surface area contributed by atoms with Crippen LogP contribution in [-0.4, -0.2) is 59.6 Å². The van der Waals surface area contributed by atoms with Crippen molar-refractivity contribution in [3.8, 4) is 0 Å². The summed E-state index contributed by atoms with van der Waals surface area (Å²) >= 11 is 0. The number of carbonyl (C=O) groups excluding carboxylic acids is 1. The largest absolute Gasteiger partial charge is 0.381 e. The molecule has 1 spiro atoms. The Morgan fingerprint density at radius 1 is 1.07 bits per heavy atom. The summed E-state index contributed by atoms with van der Waals surface area (Å²) in [5, 5.41) is 0. The van der Waals surface area contributed by atoms with Gasteiger partial charge in [-0.15, -0.1) is 0 Å². The minimum absolute atomic E-state index is 0.0516. The van der Waals surface area contributed by atoms with Crippen molar-refractivity contribution in [2.75, 3.05) is 32.8 Å². The van der Waals surface area contributed by atoms with E-state index in [2.05, 4.69) is 34.1 Å². The topological polar surface area (TPSA) is 45.7 Å². The Balaban J connectivity index is 1.39. The summed E-state index contributed by atoms with van der Waals surface area (Å²) in [5.41, 5.74) is 4.25. The van der Waals surface area contributed by atoms with Crippen LogP contribution < -0.4 is 0 Å². The van der Waals surface area contributed by atoms with E-state index in [0.717, 1.165) is 64.2 Å². The van der Waals surface area contributed by atoms with Crippen LogP contribution in [0.5, 0.6) is 0 Å². The first-order chi connectivity index (χ1) is 14.6. The highest BCUT2D eigenvalue weighted by Crippen LogP contribution is 2.42. The van der Waals surface area contributed by atoms with Crippen molar-refractivity contribution in [3.63, 3.8) is 0 Å². The molecule has 1 amide bonds. The number of hydrogen-bond acceptors (Lipinski definition) is 4. The van der Waals surface area contributed by atoms with Gasteiger partial charge in [0.2, 0.25) is 0 Å². The summed E-state index contributed by atoms with van der Waals surface area (Å²) in [4.78, 5) is 22.5. The Bertz CT molecular complexity index is 914. The first-order valence-electron chi connectivity index (χ1n) is 11.3. The van der Waals surface area contributed by atoms with E-state index in [-0.39, 0.29) is 11.3 Å². The molecule has 2 fully saturated rings. The molecule has 1 aromatic heterocycles. The lowest BCUT2D eigenvalue weighted by Gasteiger charge is -2.50. The Morgan fingerprint density at radius 3 is 2.60 bits per heavy atom. The molecule has 3 aliphatic rings. The summed E-state index contributed by atoms with van der Waals surface area (Å²) in [5.74, 6) is 0.0550. The number of amides is 1. The standard InChI is InChI=1S/C25H31N3O2/c1-19-5-4-8-23(26-19)24(29)28-17-20-6-2-3-7-22(20)25(18-28)11-13-27(14-12-25)21-9-15-30-16-10-21/h2-8,21H,9-18H2,1H3. The Labute approximate surface area is 179 Å². The number of nitrogens with zero attached hydrogens (tertiary/aromatic N) is 3. The summed E-state index contributed by atoms with van der Waals surface area (Å²) in [6.45, 7) is 7.39. The summed E-state index contributed by atoms with van der Waals surface area (Å²) in [7, 11) is 0. The fourth-order valence-corrected chi connectivity index (χ4v) is 5.65. The van der Waals surface area contributed by atoms with Gasteiger partial charge in [0.25, 0.3) is 5.91 Å². The van der Waals surface area contributed by atoms with Crippen LogP contribution >= 0.6 is 0 Å². The number of piperidine rings is 1. The molecule has 0 unspecified atom stereocenters. The predicted octanol–water partition coefficient (Wildman–Crippen LogP) is 3.56. The Hall–Kier alpha value is -2.24. The zero-order valence-electron chi connectivity index (χ0n) is 17.8. The van der Waals surface area contributed by atoms with E-state index < -0.39 is 0 Å². The van der Waals surface area contributed by atoms with Crippen molar-refractivity contribution in [2.45, 2.75) is 50.6 Å². The van der Waals surface area contributed by atoms with Gasteiger partial charge in [0.05, 0.1) is 0 Å². The van der Waals surface area contributed by atoms with Crippen LogP contribution in [-0.2, 0) is 16.7 Å². The molecule has 2 saturated heterocycles. The van der Waals surface area contributed by atoms with Gasteiger partial charge in [-0.3, -0.25) is 4.79 Å². The van der Waals surface area contributed by atoms with E-state index in [1.54, 1.807) is 0 Å². The highest BCUT2D eigenvalue weighted by Gasteiger charge is 2.44. The molecule has 0 radical (unpaired) electrons. The Morgan fingerprint density at radius 2 is 1.83 bits per heavy atom. The third kappa shape index (κ3) is 3.65. The summed E-state index contributed by atoms with van der Waals surface area (Å²) in [6.07, 6.45) is 4.50. The molecule has 5 rings (SSSR count). The third-order valence-corrected chi connectivity index (χ3v) is 7.30. The van der Waals surface area contributed by atoms with Gasteiger partial charge in [0.15, 0.2) is 0 Å². The van der Waals surface area contributed by atoms with Gasteiger partial charge < -0.3 is 14.5 Å². The average Bonchev–Trinajstić information content (AvgIpc) is 2.80. The number of hydrogen-bond donors (Lipinski definition) is 0. The van der Waals surface area contributed by atoms with E-state index in [1.807, 2.05) is 30.0 Å². The van der Waals surface area contributed by atoms with Crippen LogP contribution in [0.4, 0.5) is 0 Å². The number of ether oxygens (including phenoxy) is 1.